The third-order valence-electron chi connectivity index (χ3n) is 2.84. The second-order valence-corrected chi connectivity index (χ2v) is 4.56. The van der Waals surface area contributed by atoms with Crippen molar-refractivity contribution in [2.75, 3.05) is 20.3 Å². The van der Waals surface area contributed by atoms with Gasteiger partial charge < -0.3 is 14.2 Å². The first-order valence-electron chi connectivity index (χ1n) is 7.20. The zero-order chi connectivity index (χ0) is 14.8. The Morgan fingerprint density at radius 3 is 2.50 bits per heavy atom. The quantitative estimate of drug-likeness (QED) is 0.509. The Balaban J connectivity index is 2.67. The van der Waals surface area contributed by atoms with Crippen molar-refractivity contribution >= 4 is 5.97 Å². The van der Waals surface area contributed by atoms with Gasteiger partial charge in [0, 0.05) is 0 Å². The Kier molecular flexibility index (Phi) is 7.55. The second kappa shape index (κ2) is 9.23. The van der Waals surface area contributed by atoms with E-state index in [2.05, 4.69) is 6.92 Å². The van der Waals surface area contributed by atoms with Gasteiger partial charge in [0.25, 0.3) is 0 Å². The van der Waals surface area contributed by atoms with Crippen molar-refractivity contribution in [3.8, 4) is 11.5 Å². The van der Waals surface area contributed by atoms with E-state index in [9.17, 15) is 4.79 Å². The number of benzene rings is 1. The summed E-state index contributed by atoms with van der Waals surface area (Å²) in [6, 6.07) is 5.12. The highest BCUT2D eigenvalue weighted by molar-refractivity contribution is 5.90. The molecule has 0 amide bonds. The molecule has 112 valence electrons. The average Bonchev–Trinajstić information content (AvgIpc) is 2.49. The maximum Gasteiger partial charge on any atom is 0.338 e. The first kappa shape index (κ1) is 16.3. The van der Waals surface area contributed by atoms with Crippen molar-refractivity contribution in [3.63, 3.8) is 0 Å². The van der Waals surface area contributed by atoms with Crippen molar-refractivity contribution in [1.29, 1.82) is 0 Å². The molecule has 0 unspecified atom stereocenters. The first-order chi connectivity index (χ1) is 9.72. The number of unbranched alkanes of at least 4 members (excludes halogenated alkanes) is 2. The van der Waals surface area contributed by atoms with E-state index < -0.39 is 0 Å². The van der Waals surface area contributed by atoms with Crippen LogP contribution in [-0.4, -0.2) is 26.3 Å². The minimum absolute atomic E-state index is 0.331. The molecule has 0 heterocycles. The Hall–Kier alpha value is -1.71. The third kappa shape index (κ3) is 5.11. The van der Waals surface area contributed by atoms with Crippen LogP contribution >= 0.6 is 0 Å². The SMILES string of the molecule is CCCCCOc1ccc(C(=O)OCCC)cc1OC. The highest BCUT2D eigenvalue weighted by Crippen LogP contribution is 2.28. The molecule has 0 radical (unpaired) electrons. The smallest absolute Gasteiger partial charge is 0.338 e. The van der Waals surface area contributed by atoms with Crippen LogP contribution in [0.5, 0.6) is 11.5 Å². The predicted octanol–water partition coefficient (Wildman–Crippen LogP) is 3.83. The van der Waals surface area contributed by atoms with Gasteiger partial charge in [0.05, 0.1) is 25.9 Å². The maximum absolute atomic E-state index is 11.8. The minimum atomic E-state index is -0.331. The number of esters is 1. The number of methoxy groups -OCH3 is 1. The van der Waals surface area contributed by atoms with Gasteiger partial charge in [0.2, 0.25) is 0 Å². The van der Waals surface area contributed by atoms with E-state index in [-0.39, 0.29) is 5.97 Å². The largest absolute Gasteiger partial charge is 0.493 e. The van der Waals surface area contributed by atoms with E-state index in [4.69, 9.17) is 14.2 Å². The van der Waals surface area contributed by atoms with Crippen molar-refractivity contribution in [2.24, 2.45) is 0 Å². The Bertz CT molecular complexity index is 415. The fourth-order valence-electron chi connectivity index (χ4n) is 1.73. The zero-order valence-electron chi connectivity index (χ0n) is 12.6. The van der Waals surface area contributed by atoms with Crippen LogP contribution < -0.4 is 9.47 Å². The lowest BCUT2D eigenvalue weighted by molar-refractivity contribution is 0.0504. The molecule has 20 heavy (non-hydrogen) atoms. The Labute approximate surface area is 121 Å². The summed E-state index contributed by atoms with van der Waals surface area (Å²) in [6.45, 7) is 5.19. The molecule has 0 N–H and O–H groups in total. The maximum atomic E-state index is 11.8. The summed E-state index contributed by atoms with van der Waals surface area (Å²) in [6.07, 6.45) is 4.12. The first-order valence-corrected chi connectivity index (χ1v) is 7.20. The summed E-state index contributed by atoms with van der Waals surface area (Å²) in [4.78, 5) is 11.8. The number of ether oxygens (including phenoxy) is 3. The molecule has 4 nitrogen and oxygen atoms in total. The molecule has 0 aliphatic carbocycles. The van der Waals surface area contributed by atoms with E-state index >= 15 is 0 Å². The third-order valence-corrected chi connectivity index (χ3v) is 2.84. The van der Waals surface area contributed by atoms with Gasteiger partial charge in [-0.2, -0.15) is 0 Å². The highest BCUT2D eigenvalue weighted by atomic mass is 16.5. The lowest BCUT2D eigenvalue weighted by Crippen LogP contribution is -2.07. The monoisotopic (exact) mass is 280 g/mol. The van der Waals surface area contributed by atoms with E-state index in [0.29, 0.717) is 30.3 Å². The molecule has 1 rings (SSSR count). The Morgan fingerprint density at radius 1 is 1.05 bits per heavy atom. The van der Waals surface area contributed by atoms with Gasteiger partial charge in [-0.3, -0.25) is 0 Å². The normalized spacial score (nSPS) is 10.2. The molecule has 0 aliphatic heterocycles. The molecule has 1 aromatic rings. The summed E-state index contributed by atoms with van der Waals surface area (Å²) in [7, 11) is 1.56. The molecule has 0 aliphatic rings. The molecule has 0 fully saturated rings. The van der Waals surface area contributed by atoms with Crippen LogP contribution in [0.3, 0.4) is 0 Å². The molecule has 0 bridgehead atoms. The number of carbonyl (C=O) groups excluding carboxylic acids is 1. The van der Waals surface area contributed by atoms with E-state index in [1.165, 1.54) is 0 Å². The van der Waals surface area contributed by atoms with E-state index in [0.717, 1.165) is 25.7 Å². The number of hydrogen-bond acceptors (Lipinski definition) is 4. The fourth-order valence-corrected chi connectivity index (χ4v) is 1.73. The van der Waals surface area contributed by atoms with Gasteiger partial charge in [-0.25, -0.2) is 4.79 Å². The predicted molar refractivity (Wildman–Crippen MR) is 78.6 cm³/mol. The summed E-state index contributed by atoms with van der Waals surface area (Å²) in [5.41, 5.74) is 0.483. The van der Waals surface area contributed by atoms with Crippen LogP contribution in [0.1, 0.15) is 49.9 Å². The second-order valence-electron chi connectivity index (χ2n) is 4.56. The van der Waals surface area contributed by atoms with Crippen LogP contribution in [0.4, 0.5) is 0 Å². The Morgan fingerprint density at radius 2 is 1.85 bits per heavy atom. The molecule has 0 saturated heterocycles. The van der Waals surface area contributed by atoms with Gasteiger partial charge in [-0.1, -0.05) is 26.7 Å². The van der Waals surface area contributed by atoms with Gasteiger partial charge >= 0.3 is 5.97 Å². The number of carbonyl (C=O) groups is 1. The molecule has 0 spiro atoms. The van der Waals surface area contributed by atoms with Gasteiger partial charge in [-0.15, -0.1) is 0 Å². The summed E-state index contributed by atoms with van der Waals surface area (Å²) < 4.78 is 16.0. The van der Waals surface area contributed by atoms with Crippen LogP contribution in [0, 0.1) is 0 Å². The van der Waals surface area contributed by atoms with Gasteiger partial charge in [-0.05, 0) is 31.0 Å². The highest BCUT2D eigenvalue weighted by Gasteiger charge is 2.12. The standard InChI is InChI=1S/C16H24O4/c1-4-6-7-11-19-14-9-8-13(12-15(14)18-3)16(17)20-10-5-2/h8-9,12H,4-7,10-11H2,1-3H3. The van der Waals surface area contributed by atoms with Gasteiger partial charge in [0.1, 0.15) is 0 Å². The lowest BCUT2D eigenvalue weighted by Gasteiger charge is -2.12. The molecule has 4 heteroatoms. The summed E-state index contributed by atoms with van der Waals surface area (Å²) in [5.74, 6) is 0.894. The number of hydrogen-bond donors (Lipinski definition) is 0. The van der Waals surface area contributed by atoms with Crippen molar-refractivity contribution < 1.29 is 19.0 Å². The molecule has 0 atom stereocenters. The van der Waals surface area contributed by atoms with Crippen LogP contribution in [0.25, 0.3) is 0 Å². The topological polar surface area (TPSA) is 44.8 Å². The fraction of sp³-hybridized carbons (Fsp3) is 0.562. The summed E-state index contributed by atoms with van der Waals surface area (Å²) in [5, 5.41) is 0. The van der Waals surface area contributed by atoms with Crippen LogP contribution in [0.15, 0.2) is 18.2 Å². The average molecular weight is 280 g/mol. The van der Waals surface area contributed by atoms with Crippen molar-refractivity contribution in [1.82, 2.24) is 0 Å². The van der Waals surface area contributed by atoms with Crippen LogP contribution in [0.2, 0.25) is 0 Å². The number of rotatable bonds is 9. The molecular formula is C16H24O4. The van der Waals surface area contributed by atoms with Crippen LogP contribution in [-0.2, 0) is 4.74 Å². The lowest BCUT2D eigenvalue weighted by atomic mass is 10.2. The van der Waals surface area contributed by atoms with Gasteiger partial charge in [0.15, 0.2) is 11.5 Å². The molecule has 0 aromatic heterocycles. The zero-order valence-corrected chi connectivity index (χ0v) is 12.6. The summed E-state index contributed by atoms with van der Waals surface area (Å²) >= 11 is 0. The molecule has 0 saturated carbocycles. The van der Waals surface area contributed by atoms with Crippen molar-refractivity contribution in [3.05, 3.63) is 23.8 Å². The van der Waals surface area contributed by atoms with E-state index in [1.807, 2.05) is 6.92 Å². The molecule has 1 aromatic carbocycles. The minimum Gasteiger partial charge on any atom is -0.493 e. The van der Waals surface area contributed by atoms with E-state index in [1.54, 1.807) is 25.3 Å². The van der Waals surface area contributed by atoms with Crippen molar-refractivity contribution in [2.45, 2.75) is 39.5 Å². The molecular weight excluding hydrogens is 256 g/mol.